The van der Waals surface area contributed by atoms with Crippen molar-refractivity contribution < 1.29 is 14.7 Å². The van der Waals surface area contributed by atoms with Gasteiger partial charge in [0.15, 0.2) is 0 Å². The van der Waals surface area contributed by atoms with Gasteiger partial charge in [-0.1, -0.05) is 0 Å². The predicted molar refractivity (Wildman–Crippen MR) is 70.9 cm³/mol. The van der Waals surface area contributed by atoms with E-state index in [4.69, 9.17) is 5.11 Å². The van der Waals surface area contributed by atoms with Gasteiger partial charge >= 0.3 is 5.97 Å². The number of carboxylic acids is 1. The molecule has 1 N–H and O–H groups in total. The molecule has 96 valence electrons. The normalized spacial score (nSPS) is 13.4. The van der Waals surface area contributed by atoms with Crippen LogP contribution >= 0.6 is 11.3 Å². The highest BCUT2D eigenvalue weighted by Crippen LogP contribution is 2.30. The monoisotopic (exact) mass is 274 g/mol. The number of benzene rings is 1. The average Bonchev–Trinajstić information content (AvgIpc) is 3.06. The highest BCUT2D eigenvalue weighted by atomic mass is 32.1. The number of aromatic carboxylic acids is 1. The van der Waals surface area contributed by atoms with Gasteiger partial charge in [0.25, 0.3) is 5.91 Å². The second-order valence-electron chi connectivity index (χ2n) is 4.22. The second-order valence-corrected chi connectivity index (χ2v) is 5.11. The van der Waals surface area contributed by atoms with Gasteiger partial charge in [-0.15, -0.1) is 11.3 Å². The van der Waals surface area contributed by atoms with Crippen molar-refractivity contribution in [2.45, 2.75) is 6.42 Å². The van der Waals surface area contributed by atoms with E-state index >= 15 is 0 Å². The number of hydrogen-bond donors (Lipinski definition) is 1. The van der Waals surface area contributed by atoms with E-state index in [2.05, 4.69) is 4.98 Å². The number of fused-ring (bicyclic) bond motifs is 1. The van der Waals surface area contributed by atoms with Crippen LogP contribution in [0, 0.1) is 0 Å². The molecule has 0 radical (unpaired) electrons. The molecular formula is C13H10N2O3S. The first kappa shape index (κ1) is 11.9. The lowest BCUT2D eigenvalue weighted by molar-refractivity contribution is 0.0696. The van der Waals surface area contributed by atoms with E-state index in [-0.39, 0.29) is 11.5 Å². The van der Waals surface area contributed by atoms with Crippen LogP contribution in [-0.2, 0) is 6.42 Å². The lowest BCUT2D eigenvalue weighted by atomic mass is 10.1. The lowest BCUT2D eigenvalue weighted by Crippen LogP contribution is -2.28. The van der Waals surface area contributed by atoms with Crippen molar-refractivity contribution in [3.63, 3.8) is 0 Å². The first-order chi connectivity index (χ1) is 9.16. The van der Waals surface area contributed by atoms with Gasteiger partial charge in [-0.3, -0.25) is 9.78 Å². The van der Waals surface area contributed by atoms with Crippen LogP contribution in [0.4, 0.5) is 5.69 Å². The van der Waals surface area contributed by atoms with E-state index in [9.17, 15) is 9.59 Å². The number of hydrogen-bond acceptors (Lipinski definition) is 4. The maximum Gasteiger partial charge on any atom is 0.335 e. The Hall–Kier alpha value is -2.21. The summed E-state index contributed by atoms with van der Waals surface area (Å²) in [5.41, 5.74) is 3.57. The highest BCUT2D eigenvalue weighted by Gasteiger charge is 2.26. The molecule has 1 aromatic heterocycles. The molecule has 0 saturated heterocycles. The Labute approximate surface area is 113 Å². The van der Waals surface area contributed by atoms with Crippen LogP contribution in [0.15, 0.2) is 29.9 Å². The van der Waals surface area contributed by atoms with Crippen LogP contribution in [0.1, 0.15) is 25.6 Å². The number of rotatable bonds is 2. The van der Waals surface area contributed by atoms with Crippen molar-refractivity contribution in [2.75, 3.05) is 11.4 Å². The van der Waals surface area contributed by atoms with Crippen LogP contribution in [0.3, 0.4) is 0 Å². The van der Waals surface area contributed by atoms with Gasteiger partial charge in [0.1, 0.15) is 4.88 Å². The van der Waals surface area contributed by atoms with Gasteiger partial charge in [0.05, 0.1) is 17.3 Å². The number of amides is 1. The van der Waals surface area contributed by atoms with E-state index in [1.54, 1.807) is 28.7 Å². The van der Waals surface area contributed by atoms with Gasteiger partial charge in [0, 0.05) is 12.2 Å². The summed E-state index contributed by atoms with van der Waals surface area (Å²) in [4.78, 5) is 29.4. The smallest absolute Gasteiger partial charge is 0.335 e. The minimum atomic E-state index is -0.949. The van der Waals surface area contributed by atoms with E-state index in [1.165, 1.54) is 17.4 Å². The fourth-order valence-corrected chi connectivity index (χ4v) is 2.77. The molecule has 0 bridgehead atoms. The van der Waals surface area contributed by atoms with Crippen molar-refractivity contribution in [1.29, 1.82) is 0 Å². The van der Waals surface area contributed by atoms with Gasteiger partial charge in [-0.2, -0.15) is 0 Å². The Balaban J connectivity index is 1.94. The van der Waals surface area contributed by atoms with Gasteiger partial charge in [-0.25, -0.2) is 4.79 Å². The fourth-order valence-electron chi connectivity index (χ4n) is 2.20. The summed E-state index contributed by atoms with van der Waals surface area (Å²) in [6.45, 7) is 0.579. The van der Waals surface area contributed by atoms with Gasteiger partial charge < -0.3 is 10.0 Å². The van der Waals surface area contributed by atoms with Gasteiger partial charge in [-0.05, 0) is 30.2 Å². The quantitative estimate of drug-likeness (QED) is 0.909. The molecule has 1 aromatic carbocycles. The fraction of sp³-hybridized carbons (Fsp3) is 0.154. The van der Waals surface area contributed by atoms with Crippen LogP contribution < -0.4 is 4.90 Å². The zero-order chi connectivity index (χ0) is 13.4. The molecule has 0 atom stereocenters. The summed E-state index contributed by atoms with van der Waals surface area (Å²) < 4.78 is 0. The molecule has 1 amide bonds. The summed E-state index contributed by atoms with van der Waals surface area (Å²) in [6, 6.07) is 4.86. The number of carbonyl (C=O) groups is 2. The van der Waals surface area contributed by atoms with Crippen molar-refractivity contribution in [3.8, 4) is 0 Å². The lowest BCUT2D eigenvalue weighted by Gasteiger charge is -2.16. The van der Waals surface area contributed by atoms with Crippen molar-refractivity contribution >= 4 is 28.9 Å². The van der Waals surface area contributed by atoms with Crippen LogP contribution in [0.2, 0.25) is 0 Å². The van der Waals surface area contributed by atoms with Crippen molar-refractivity contribution in [1.82, 2.24) is 4.98 Å². The maximum atomic E-state index is 12.3. The Morgan fingerprint density at radius 2 is 2.21 bits per heavy atom. The van der Waals surface area contributed by atoms with Crippen LogP contribution in [0.5, 0.6) is 0 Å². The number of aromatic nitrogens is 1. The molecule has 2 aromatic rings. The number of nitrogens with zero attached hydrogens (tertiary/aromatic N) is 2. The summed E-state index contributed by atoms with van der Waals surface area (Å²) in [7, 11) is 0. The van der Waals surface area contributed by atoms with E-state index < -0.39 is 5.97 Å². The molecule has 0 fully saturated rings. The first-order valence-electron chi connectivity index (χ1n) is 5.73. The van der Waals surface area contributed by atoms with E-state index in [0.717, 1.165) is 11.3 Å². The Kier molecular flexibility index (Phi) is 2.79. The Bertz CT molecular complexity index is 652. The topological polar surface area (TPSA) is 70.5 Å². The largest absolute Gasteiger partial charge is 0.478 e. The molecular weight excluding hydrogens is 264 g/mol. The summed E-state index contributed by atoms with van der Waals surface area (Å²) in [5.74, 6) is -1.03. The van der Waals surface area contributed by atoms with E-state index in [1.807, 2.05) is 0 Å². The third kappa shape index (κ3) is 2.00. The molecule has 0 spiro atoms. The van der Waals surface area contributed by atoms with Gasteiger partial charge in [0.2, 0.25) is 0 Å². The Morgan fingerprint density at radius 1 is 1.37 bits per heavy atom. The van der Waals surface area contributed by atoms with Crippen molar-refractivity contribution in [3.05, 3.63) is 45.9 Å². The minimum Gasteiger partial charge on any atom is -0.478 e. The zero-order valence-electron chi connectivity index (χ0n) is 9.87. The first-order valence-corrected chi connectivity index (χ1v) is 6.61. The molecule has 2 heterocycles. The van der Waals surface area contributed by atoms with Crippen LogP contribution in [0.25, 0.3) is 0 Å². The molecule has 19 heavy (non-hydrogen) atoms. The second kappa shape index (κ2) is 4.47. The third-order valence-electron chi connectivity index (χ3n) is 3.11. The minimum absolute atomic E-state index is 0.0793. The summed E-state index contributed by atoms with van der Waals surface area (Å²) in [5, 5.41) is 8.95. The van der Waals surface area contributed by atoms with Crippen molar-refractivity contribution in [2.24, 2.45) is 0 Å². The third-order valence-corrected chi connectivity index (χ3v) is 3.87. The standard InChI is InChI=1S/C13H10N2O3S/c16-12(11-6-14-7-19-11)15-4-3-8-5-9(13(17)18)1-2-10(8)15/h1-2,5-7H,3-4H2,(H,17,18). The molecule has 0 saturated carbocycles. The SMILES string of the molecule is O=C(O)c1ccc2c(c1)CCN2C(=O)c1cncs1. The van der Waals surface area contributed by atoms with Crippen LogP contribution in [-0.4, -0.2) is 28.5 Å². The maximum absolute atomic E-state index is 12.3. The average molecular weight is 274 g/mol. The summed E-state index contributed by atoms with van der Waals surface area (Å²) >= 11 is 1.30. The highest BCUT2D eigenvalue weighted by molar-refractivity contribution is 7.11. The molecule has 5 nitrogen and oxygen atoms in total. The molecule has 1 aliphatic rings. The number of carboxylic acid groups (broad SMARTS) is 1. The summed E-state index contributed by atoms with van der Waals surface area (Å²) in [6.07, 6.45) is 2.23. The predicted octanol–water partition coefficient (Wildman–Crippen LogP) is 2.04. The number of carbonyl (C=O) groups excluding carboxylic acids is 1. The molecule has 3 rings (SSSR count). The molecule has 6 heteroatoms. The number of anilines is 1. The molecule has 0 unspecified atom stereocenters. The Morgan fingerprint density at radius 3 is 2.89 bits per heavy atom. The number of thiazole rings is 1. The molecule has 1 aliphatic heterocycles. The molecule has 0 aliphatic carbocycles. The zero-order valence-corrected chi connectivity index (χ0v) is 10.7. The van der Waals surface area contributed by atoms with E-state index in [0.29, 0.717) is 17.8 Å².